The van der Waals surface area contributed by atoms with E-state index in [0.29, 0.717) is 18.4 Å². The fourth-order valence-electron chi connectivity index (χ4n) is 3.61. The molecule has 1 aliphatic heterocycles. The Morgan fingerprint density at radius 3 is 2.64 bits per heavy atom. The quantitative estimate of drug-likeness (QED) is 0.929. The third-order valence-corrected chi connectivity index (χ3v) is 4.91. The van der Waals surface area contributed by atoms with Crippen LogP contribution in [0, 0.1) is 18.8 Å². The van der Waals surface area contributed by atoms with Crippen molar-refractivity contribution in [1.29, 1.82) is 0 Å². The predicted octanol–water partition coefficient (Wildman–Crippen LogP) is 2.85. The zero-order valence-corrected chi connectivity index (χ0v) is 15.5. The van der Waals surface area contributed by atoms with Crippen LogP contribution in [0.1, 0.15) is 41.9 Å². The van der Waals surface area contributed by atoms with Crippen molar-refractivity contribution in [2.45, 2.75) is 33.7 Å². The van der Waals surface area contributed by atoms with Crippen LogP contribution in [0.2, 0.25) is 0 Å². The van der Waals surface area contributed by atoms with Gasteiger partial charge in [0, 0.05) is 31.4 Å². The SMILES string of the molecule is Cc1ccc(C(=O)N2CC(C)CC(C)C2)cc1NCc1cnnn1C. The highest BCUT2D eigenvalue weighted by Crippen LogP contribution is 2.24. The molecule has 1 aliphatic rings. The standard InChI is InChI=1S/C19H27N5O/c1-13-7-14(2)12-24(11-13)19(25)16-6-5-15(3)18(8-16)20-9-17-10-21-22-23(17)4/h5-6,8,10,13-14,20H,7,9,11-12H2,1-4H3. The average Bonchev–Trinajstić information content (AvgIpc) is 2.97. The summed E-state index contributed by atoms with van der Waals surface area (Å²) in [6.45, 7) is 8.81. The Morgan fingerprint density at radius 1 is 1.28 bits per heavy atom. The number of nitrogens with zero attached hydrogens (tertiary/aromatic N) is 4. The molecule has 6 nitrogen and oxygen atoms in total. The summed E-state index contributed by atoms with van der Waals surface area (Å²) in [5.41, 5.74) is 3.84. The van der Waals surface area contributed by atoms with Crippen molar-refractivity contribution in [2.75, 3.05) is 18.4 Å². The Balaban J connectivity index is 1.74. The smallest absolute Gasteiger partial charge is 0.253 e. The van der Waals surface area contributed by atoms with E-state index in [1.54, 1.807) is 10.9 Å². The van der Waals surface area contributed by atoms with Crippen molar-refractivity contribution in [1.82, 2.24) is 19.9 Å². The normalized spacial score (nSPS) is 20.6. The van der Waals surface area contributed by atoms with Crippen LogP contribution in [0.4, 0.5) is 5.69 Å². The van der Waals surface area contributed by atoms with E-state index in [1.165, 1.54) is 6.42 Å². The van der Waals surface area contributed by atoms with Gasteiger partial charge in [-0.15, -0.1) is 5.10 Å². The summed E-state index contributed by atoms with van der Waals surface area (Å²) < 4.78 is 1.74. The molecule has 0 saturated carbocycles. The molecule has 1 aromatic carbocycles. The molecule has 134 valence electrons. The maximum absolute atomic E-state index is 12.9. The minimum atomic E-state index is 0.128. The molecule has 1 aromatic heterocycles. The van der Waals surface area contributed by atoms with Crippen LogP contribution in [-0.4, -0.2) is 38.9 Å². The maximum Gasteiger partial charge on any atom is 0.253 e. The Bertz CT molecular complexity index is 744. The Hall–Kier alpha value is -2.37. The van der Waals surface area contributed by atoms with Crippen molar-refractivity contribution in [3.8, 4) is 0 Å². The van der Waals surface area contributed by atoms with Gasteiger partial charge in [-0.05, 0) is 42.9 Å². The highest BCUT2D eigenvalue weighted by Gasteiger charge is 2.26. The minimum absolute atomic E-state index is 0.128. The summed E-state index contributed by atoms with van der Waals surface area (Å²) in [7, 11) is 1.87. The van der Waals surface area contributed by atoms with Gasteiger partial charge in [-0.1, -0.05) is 25.1 Å². The van der Waals surface area contributed by atoms with E-state index in [1.807, 2.05) is 37.1 Å². The summed E-state index contributed by atoms with van der Waals surface area (Å²) in [5, 5.41) is 11.2. The molecule has 0 aliphatic carbocycles. The van der Waals surface area contributed by atoms with Crippen LogP contribution in [0.3, 0.4) is 0 Å². The number of benzene rings is 1. The lowest BCUT2D eigenvalue weighted by Gasteiger charge is -2.35. The van der Waals surface area contributed by atoms with Gasteiger partial charge in [0.1, 0.15) is 0 Å². The van der Waals surface area contributed by atoms with Gasteiger partial charge in [0.2, 0.25) is 0 Å². The highest BCUT2D eigenvalue weighted by atomic mass is 16.2. The summed E-state index contributed by atoms with van der Waals surface area (Å²) in [4.78, 5) is 14.9. The number of aryl methyl sites for hydroxylation is 2. The van der Waals surface area contributed by atoms with Crippen molar-refractivity contribution in [2.24, 2.45) is 18.9 Å². The Labute approximate surface area is 149 Å². The monoisotopic (exact) mass is 341 g/mol. The number of carbonyl (C=O) groups is 1. The average molecular weight is 341 g/mol. The van der Waals surface area contributed by atoms with Crippen LogP contribution in [0.15, 0.2) is 24.4 Å². The molecule has 2 heterocycles. The topological polar surface area (TPSA) is 63.1 Å². The van der Waals surface area contributed by atoms with E-state index in [9.17, 15) is 4.79 Å². The second-order valence-corrected chi connectivity index (χ2v) is 7.39. The fraction of sp³-hybridized carbons (Fsp3) is 0.526. The van der Waals surface area contributed by atoms with Crippen LogP contribution >= 0.6 is 0 Å². The molecule has 1 fully saturated rings. The summed E-state index contributed by atoms with van der Waals surface area (Å²) in [5.74, 6) is 1.25. The van der Waals surface area contributed by atoms with Gasteiger partial charge >= 0.3 is 0 Å². The number of anilines is 1. The van der Waals surface area contributed by atoms with E-state index >= 15 is 0 Å². The van der Waals surface area contributed by atoms with Crippen molar-refractivity contribution in [3.63, 3.8) is 0 Å². The fourth-order valence-corrected chi connectivity index (χ4v) is 3.61. The lowest BCUT2D eigenvalue weighted by atomic mass is 9.91. The van der Waals surface area contributed by atoms with Gasteiger partial charge in [-0.25, -0.2) is 0 Å². The molecule has 2 aromatic rings. The van der Waals surface area contributed by atoms with Gasteiger partial charge in [0.05, 0.1) is 18.4 Å². The first kappa shape index (κ1) is 17.5. The second-order valence-electron chi connectivity index (χ2n) is 7.39. The van der Waals surface area contributed by atoms with E-state index in [2.05, 4.69) is 29.5 Å². The lowest BCUT2D eigenvalue weighted by molar-refractivity contribution is 0.0623. The molecule has 3 rings (SSSR count). The van der Waals surface area contributed by atoms with Gasteiger partial charge in [0.15, 0.2) is 0 Å². The summed E-state index contributed by atoms with van der Waals surface area (Å²) in [6, 6.07) is 5.90. The molecular formula is C19H27N5O. The molecule has 0 bridgehead atoms. The number of hydrogen-bond acceptors (Lipinski definition) is 4. The van der Waals surface area contributed by atoms with E-state index < -0.39 is 0 Å². The molecule has 0 radical (unpaired) electrons. The molecule has 1 N–H and O–H groups in total. The third kappa shape index (κ3) is 4.00. The number of hydrogen-bond donors (Lipinski definition) is 1. The molecule has 2 unspecified atom stereocenters. The number of nitrogens with one attached hydrogen (secondary N) is 1. The number of piperidine rings is 1. The first-order valence-corrected chi connectivity index (χ1v) is 8.91. The number of carbonyl (C=O) groups excluding carboxylic acids is 1. The molecule has 2 atom stereocenters. The Morgan fingerprint density at radius 2 is 2.00 bits per heavy atom. The summed E-state index contributed by atoms with van der Waals surface area (Å²) >= 11 is 0. The van der Waals surface area contributed by atoms with E-state index in [0.717, 1.165) is 35.6 Å². The largest absolute Gasteiger partial charge is 0.379 e. The zero-order valence-electron chi connectivity index (χ0n) is 15.5. The molecule has 1 saturated heterocycles. The molecule has 25 heavy (non-hydrogen) atoms. The highest BCUT2D eigenvalue weighted by molar-refractivity contribution is 5.95. The predicted molar refractivity (Wildman–Crippen MR) is 98.4 cm³/mol. The second kappa shape index (κ2) is 7.25. The molecule has 6 heteroatoms. The number of rotatable bonds is 4. The molecule has 0 spiro atoms. The lowest BCUT2D eigenvalue weighted by Crippen LogP contribution is -2.42. The van der Waals surface area contributed by atoms with Crippen LogP contribution in [0.25, 0.3) is 0 Å². The van der Waals surface area contributed by atoms with E-state index in [-0.39, 0.29) is 5.91 Å². The van der Waals surface area contributed by atoms with Crippen molar-refractivity contribution in [3.05, 3.63) is 41.2 Å². The zero-order chi connectivity index (χ0) is 18.0. The number of amides is 1. The van der Waals surface area contributed by atoms with Crippen LogP contribution in [0.5, 0.6) is 0 Å². The Kier molecular flexibility index (Phi) is 5.06. The van der Waals surface area contributed by atoms with Gasteiger partial charge in [-0.2, -0.15) is 0 Å². The summed E-state index contributed by atoms with van der Waals surface area (Å²) in [6.07, 6.45) is 2.94. The first-order chi connectivity index (χ1) is 11.9. The maximum atomic E-state index is 12.9. The van der Waals surface area contributed by atoms with Crippen LogP contribution < -0.4 is 5.32 Å². The first-order valence-electron chi connectivity index (χ1n) is 8.91. The molecule has 1 amide bonds. The van der Waals surface area contributed by atoms with Crippen LogP contribution in [-0.2, 0) is 13.6 Å². The van der Waals surface area contributed by atoms with E-state index in [4.69, 9.17) is 0 Å². The van der Waals surface area contributed by atoms with Gasteiger partial charge in [-0.3, -0.25) is 9.48 Å². The minimum Gasteiger partial charge on any atom is -0.379 e. The molecular weight excluding hydrogens is 314 g/mol. The third-order valence-electron chi connectivity index (χ3n) is 4.91. The van der Waals surface area contributed by atoms with Gasteiger partial charge in [0.25, 0.3) is 5.91 Å². The number of aromatic nitrogens is 3. The van der Waals surface area contributed by atoms with Crippen molar-refractivity contribution < 1.29 is 4.79 Å². The van der Waals surface area contributed by atoms with Gasteiger partial charge < -0.3 is 10.2 Å². The van der Waals surface area contributed by atoms with Crippen molar-refractivity contribution >= 4 is 11.6 Å². The number of likely N-dealkylation sites (tertiary alicyclic amines) is 1.